The van der Waals surface area contributed by atoms with Crippen molar-refractivity contribution in [3.63, 3.8) is 0 Å². The van der Waals surface area contributed by atoms with Crippen LogP contribution in [0.5, 0.6) is 0 Å². The molecule has 1 aliphatic heterocycles. The molecule has 0 aromatic heterocycles. The first-order chi connectivity index (χ1) is 8.26. The van der Waals surface area contributed by atoms with Crippen LogP contribution >= 0.6 is 11.8 Å². The Kier molecular flexibility index (Phi) is 3.05. The Labute approximate surface area is 107 Å². The van der Waals surface area contributed by atoms with Crippen molar-refractivity contribution in [3.05, 3.63) is 24.3 Å². The third-order valence-electron chi connectivity index (χ3n) is 3.87. The van der Waals surface area contributed by atoms with Crippen LogP contribution in [0.15, 0.2) is 29.2 Å². The molecule has 1 atom stereocenters. The van der Waals surface area contributed by atoms with Gasteiger partial charge in [0.1, 0.15) is 0 Å². The van der Waals surface area contributed by atoms with E-state index in [0.29, 0.717) is 5.25 Å². The smallest absolute Gasteiger partial charge is 0.0693 e. The molecule has 0 amide bonds. The Hall–Kier alpha value is -0.670. The molecule has 1 aromatic rings. The maximum absolute atomic E-state index is 5.96. The van der Waals surface area contributed by atoms with Gasteiger partial charge >= 0.3 is 0 Å². The molecule has 1 aliphatic carbocycles. The van der Waals surface area contributed by atoms with E-state index in [-0.39, 0.29) is 5.60 Å². The summed E-state index contributed by atoms with van der Waals surface area (Å²) in [6.07, 6.45) is 6.26. The molecule has 3 heteroatoms. The first kappa shape index (κ1) is 11.4. The van der Waals surface area contributed by atoms with Crippen molar-refractivity contribution in [2.45, 2.75) is 47.9 Å². The van der Waals surface area contributed by atoms with Crippen LogP contribution < -0.4 is 5.73 Å². The van der Waals surface area contributed by atoms with E-state index in [1.54, 1.807) is 0 Å². The minimum atomic E-state index is 0.246. The van der Waals surface area contributed by atoms with Gasteiger partial charge in [0.15, 0.2) is 0 Å². The number of benzene rings is 1. The molecule has 1 aromatic carbocycles. The van der Waals surface area contributed by atoms with Crippen molar-refractivity contribution in [1.29, 1.82) is 0 Å². The number of nitrogen functional groups attached to an aromatic ring is 1. The van der Waals surface area contributed by atoms with Crippen LogP contribution in [0.1, 0.15) is 32.1 Å². The third kappa shape index (κ3) is 2.45. The average Bonchev–Trinajstić information content (AvgIpc) is 2.27. The minimum absolute atomic E-state index is 0.246. The highest BCUT2D eigenvalue weighted by Crippen LogP contribution is 2.46. The van der Waals surface area contributed by atoms with Crippen LogP contribution in [0.4, 0.5) is 5.69 Å². The maximum atomic E-state index is 5.96. The summed E-state index contributed by atoms with van der Waals surface area (Å²) in [6.45, 7) is 0.931. The van der Waals surface area contributed by atoms with Gasteiger partial charge in [0.25, 0.3) is 0 Å². The van der Waals surface area contributed by atoms with Crippen molar-refractivity contribution in [2.24, 2.45) is 0 Å². The fourth-order valence-corrected chi connectivity index (χ4v) is 4.13. The number of ether oxygens (including phenoxy) is 1. The van der Waals surface area contributed by atoms with E-state index in [2.05, 4.69) is 12.1 Å². The van der Waals surface area contributed by atoms with E-state index < -0.39 is 0 Å². The summed E-state index contributed by atoms with van der Waals surface area (Å²) in [5.74, 6) is 0. The molecule has 0 bridgehead atoms. The minimum Gasteiger partial charge on any atom is -0.399 e. The summed E-state index contributed by atoms with van der Waals surface area (Å²) in [4.78, 5) is 1.30. The summed E-state index contributed by atoms with van der Waals surface area (Å²) in [5, 5.41) is 0.700. The van der Waals surface area contributed by atoms with Crippen molar-refractivity contribution in [2.75, 3.05) is 12.3 Å². The molecule has 1 heterocycles. The van der Waals surface area contributed by atoms with E-state index in [1.807, 2.05) is 23.9 Å². The van der Waals surface area contributed by atoms with Crippen molar-refractivity contribution >= 4 is 17.4 Å². The van der Waals surface area contributed by atoms with E-state index >= 15 is 0 Å². The Balaban J connectivity index is 1.65. The second kappa shape index (κ2) is 4.54. The summed E-state index contributed by atoms with van der Waals surface area (Å²) in [7, 11) is 0. The van der Waals surface area contributed by atoms with Crippen LogP contribution in [-0.2, 0) is 4.74 Å². The predicted octanol–water partition coefficient (Wildman–Crippen LogP) is 3.46. The van der Waals surface area contributed by atoms with Crippen LogP contribution in [0.3, 0.4) is 0 Å². The number of hydrogen-bond donors (Lipinski definition) is 1. The quantitative estimate of drug-likeness (QED) is 0.815. The van der Waals surface area contributed by atoms with Gasteiger partial charge in [0, 0.05) is 22.4 Å². The Morgan fingerprint density at radius 3 is 2.94 bits per heavy atom. The summed E-state index contributed by atoms with van der Waals surface area (Å²) < 4.78 is 5.96. The van der Waals surface area contributed by atoms with Gasteiger partial charge in [0.05, 0.1) is 5.60 Å². The van der Waals surface area contributed by atoms with E-state index in [4.69, 9.17) is 10.5 Å². The molecule has 1 spiro atoms. The first-order valence-corrected chi connectivity index (χ1v) is 7.30. The average molecular weight is 249 g/mol. The molecule has 17 heavy (non-hydrogen) atoms. The molecule has 1 saturated heterocycles. The Bertz CT molecular complexity index is 403. The second-order valence-corrected chi connectivity index (χ2v) is 6.56. The molecule has 2 N–H and O–H groups in total. The molecule has 2 aliphatic rings. The maximum Gasteiger partial charge on any atom is 0.0693 e. The lowest BCUT2D eigenvalue weighted by atomic mass is 9.75. The van der Waals surface area contributed by atoms with Gasteiger partial charge in [-0.2, -0.15) is 0 Å². The van der Waals surface area contributed by atoms with Gasteiger partial charge in [-0.25, -0.2) is 0 Å². The van der Waals surface area contributed by atoms with E-state index in [0.717, 1.165) is 12.3 Å². The fourth-order valence-electron chi connectivity index (χ4n) is 2.78. The molecule has 92 valence electrons. The monoisotopic (exact) mass is 249 g/mol. The van der Waals surface area contributed by atoms with Gasteiger partial charge in [-0.15, -0.1) is 11.8 Å². The normalized spacial score (nSPS) is 26.7. The fraction of sp³-hybridized carbons (Fsp3) is 0.571. The molecular weight excluding hydrogens is 230 g/mol. The van der Waals surface area contributed by atoms with Crippen LogP contribution in [0.2, 0.25) is 0 Å². The van der Waals surface area contributed by atoms with E-state index in [9.17, 15) is 0 Å². The zero-order valence-electron chi connectivity index (χ0n) is 10.0. The number of nitrogens with two attached hydrogens (primary N) is 1. The van der Waals surface area contributed by atoms with Crippen LogP contribution in [-0.4, -0.2) is 17.5 Å². The number of hydrogen-bond acceptors (Lipinski definition) is 3. The van der Waals surface area contributed by atoms with Gasteiger partial charge < -0.3 is 10.5 Å². The van der Waals surface area contributed by atoms with Gasteiger partial charge in [0.2, 0.25) is 0 Å². The largest absolute Gasteiger partial charge is 0.399 e. The van der Waals surface area contributed by atoms with Gasteiger partial charge in [-0.1, -0.05) is 6.07 Å². The lowest BCUT2D eigenvalue weighted by Crippen LogP contribution is -2.46. The van der Waals surface area contributed by atoms with Crippen LogP contribution in [0, 0.1) is 0 Å². The van der Waals surface area contributed by atoms with Gasteiger partial charge in [-0.05, 0) is 50.3 Å². The number of anilines is 1. The van der Waals surface area contributed by atoms with Gasteiger partial charge in [-0.3, -0.25) is 0 Å². The van der Waals surface area contributed by atoms with E-state index in [1.165, 1.54) is 37.0 Å². The van der Waals surface area contributed by atoms with Crippen molar-refractivity contribution in [1.82, 2.24) is 0 Å². The third-order valence-corrected chi connectivity index (χ3v) is 5.14. The highest BCUT2D eigenvalue weighted by atomic mass is 32.2. The summed E-state index contributed by atoms with van der Waals surface area (Å²) in [5.41, 5.74) is 6.92. The molecule has 0 radical (unpaired) electrons. The molecular formula is C14H19NOS. The Morgan fingerprint density at radius 2 is 2.24 bits per heavy atom. The molecule has 3 rings (SSSR count). The molecule has 2 nitrogen and oxygen atoms in total. The lowest BCUT2D eigenvalue weighted by molar-refractivity contribution is -0.125. The number of thioether (sulfide) groups is 1. The standard InChI is InChI=1S/C14H19NOS/c15-11-3-1-4-12(9-11)17-13-5-8-16-14(10-13)6-2-7-14/h1,3-4,9,13H,2,5-8,10,15H2. The molecule has 1 saturated carbocycles. The van der Waals surface area contributed by atoms with Crippen molar-refractivity contribution < 1.29 is 4.74 Å². The van der Waals surface area contributed by atoms with Crippen LogP contribution in [0.25, 0.3) is 0 Å². The summed E-state index contributed by atoms with van der Waals surface area (Å²) in [6, 6.07) is 8.22. The molecule has 2 fully saturated rings. The zero-order chi connectivity index (χ0) is 11.7. The lowest BCUT2D eigenvalue weighted by Gasteiger charge is -2.47. The second-order valence-electron chi connectivity index (χ2n) is 5.19. The SMILES string of the molecule is Nc1cccc(SC2CCOC3(CCC3)C2)c1. The topological polar surface area (TPSA) is 35.2 Å². The highest BCUT2D eigenvalue weighted by molar-refractivity contribution is 8.00. The molecule has 1 unspecified atom stereocenters. The van der Waals surface area contributed by atoms with Crippen molar-refractivity contribution in [3.8, 4) is 0 Å². The first-order valence-electron chi connectivity index (χ1n) is 6.42. The number of rotatable bonds is 2. The predicted molar refractivity (Wildman–Crippen MR) is 72.3 cm³/mol. The highest BCUT2D eigenvalue weighted by Gasteiger charge is 2.42. The summed E-state index contributed by atoms with van der Waals surface area (Å²) >= 11 is 1.97. The Morgan fingerprint density at radius 1 is 1.35 bits per heavy atom. The zero-order valence-corrected chi connectivity index (χ0v) is 10.8.